The first-order valence-electron chi connectivity index (χ1n) is 5.54. The minimum Gasteiger partial charge on any atom is -0.493 e. The Kier molecular flexibility index (Phi) is 2.66. The maximum Gasteiger partial charge on any atom is 0.262 e. The number of hydrogen-bond donors (Lipinski definition) is 0. The molecule has 2 heterocycles. The summed E-state index contributed by atoms with van der Waals surface area (Å²) in [5.41, 5.74) is 0.638. The Hall–Kier alpha value is -1.69. The van der Waals surface area contributed by atoms with Crippen LogP contribution in [0.25, 0.3) is 10.9 Å². The van der Waals surface area contributed by atoms with E-state index in [2.05, 4.69) is 4.98 Å². The summed E-state index contributed by atoms with van der Waals surface area (Å²) in [7, 11) is 3.12. The summed E-state index contributed by atoms with van der Waals surface area (Å²) in [6.45, 7) is 0.718. The van der Waals surface area contributed by atoms with Crippen LogP contribution in [0.4, 0.5) is 0 Å². The number of aromatic nitrogens is 2. The predicted octanol–water partition coefficient (Wildman–Crippen LogP) is 1.52. The fourth-order valence-electron chi connectivity index (χ4n) is 2.06. The molecular weight excluding hydrogens is 252 g/mol. The molecule has 0 spiro atoms. The van der Waals surface area contributed by atoms with Crippen molar-refractivity contribution in [1.82, 2.24) is 9.55 Å². The van der Waals surface area contributed by atoms with Crippen molar-refractivity contribution in [3.63, 3.8) is 0 Å². The van der Waals surface area contributed by atoms with E-state index in [1.54, 1.807) is 42.7 Å². The van der Waals surface area contributed by atoms with Gasteiger partial charge in [-0.1, -0.05) is 11.8 Å². The van der Waals surface area contributed by atoms with Gasteiger partial charge in [-0.05, 0) is 6.07 Å². The third-order valence-electron chi connectivity index (χ3n) is 2.97. The van der Waals surface area contributed by atoms with Crippen LogP contribution in [0, 0.1) is 0 Å². The highest BCUT2D eigenvalue weighted by Gasteiger charge is 2.18. The zero-order chi connectivity index (χ0) is 12.7. The summed E-state index contributed by atoms with van der Waals surface area (Å²) >= 11 is 1.60. The van der Waals surface area contributed by atoms with Gasteiger partial charge in [0.25, 0.3) is 5.56 Å². The lowest BCUT2D eigenvalue weighted by Crippen LogP contribution is -2.20. The van der Waals surface area contributed by atoms with Gasteiger partial charge in [0.15, 0.2) is 16.7 Å². The van der Waals surface area contributed by atoms with Crippen LogP contribution in [0.1, 0.15) is 0 Å². The molecule has 1 aliphatic rings. The van der Waals surface area contributed by atoms with Crippen LogP contribution in [0.3, 0.4) is 0 Å². The Balaban J connectivity index is 2.36. The molecule has 0 unspecified atom stereocenters. The molecule has 0 radical (unpaired) electrons. The highest BCUT2D eigenvalue weighted by Crippen LogP contribution is 2.31. The van der Waals surface area contributed by atoms with Gasteiger partial charge in [0, 0.05) is 18.4 Å². The van der Waals surface area contributed by atoms with Crippen LogP contribution in [0.5, 0.6) is 11.5 Å². The van der Waals surface area contributed by atoms with E-state index in [0.29, 0.717) is 22.4 Å². The second kappa shape index (κ2) is 4.20. The molecule has 1 aliphatic heterocycles. The van der Waals surface area contributed by atoms with E-state index < -0.39 is 0 Å². The Morgan fingerprint density at radius 1 is 1.28 bits per heavy atom. The topological polar surface area (TPSA) is 53.4 Å². The summed E-state index contributed by atoms with van der Waals surface area (Å²) in [4.78, 5) is 16.8. The van der Waals surface area contributed by atoms with Crippen molar-refractivity contribution < 1.29 is 9.47 Å². The van der Waals surface area contributed by atoms with E-state index in [1.165, 1.54) is 0 Å². The predicted molar refractivity (Wildman–Crippen MR) is 69.8 cm³/mol. The molecule has 3 rings (SSSR count). The summed E-state index contributed by atoms with van der Waals surface area (Å²) in [5, 5.41) is 1.35. The fraction of sp³-hybridized carbons (Fsp3) is 0.333. The van der Waals surface area contributed by atoms with Crippen molar-refractivity contribution in [2.45, 2.75) is 11.7 Å². The molecule has 1 aromatic heterocycles. The van der Waals surface area contributed by atoms with E-state index >= 15 is 0 Å². The molecule has 0 bridgehead atoms. The number of hydrogen-bond acceptors (Lipinski definition) is 5. The van der Waals surface area contributed by atoms with E-state index in [0.717, 1.165) is 17.5 Å². The number of ether oxygens (including phenoxy) is 2. The number of thioether (sulfide) groups is 1. The Bertz CT molecular complexity index is 681. The smallest absolute Gasteiger partial charge is 0.262 e. The highest BCUT2D eigenvalue weighted by atomic mass is 32.2. The van der Waals surface area contributed by atoms with Gasteiger partial charge < -0.3 is 9.47 Å². The zero-order valence-electron chi connectivity index (χ0n) is 10.1. The minimum atomic E-state index is -0.0130. The number of benzene rings is 1. The average Bonchev–Trinajstić information content (AvgIpc) is 2.86. The van der Waals surface area contributed by atoms with Crippen LogP contribution in [0.15, 0.2) is 22.1 Å². The molecule has 1 aromatic carbocycles. The molecule has 0 N–H and O–H groups in total. The van der Waals surface area contributed by atoms with Crippen LogP contribution in [0.2, 0.25) is 0 Å². The van der Waals surface area contributed by atoms with Gasteiger partial charge >= 0.3 is 0 Å². The number of fused-ring (bicyclic) bond motifs is 2. The molecule has 0 atom stereocenters. The first kappa shape index (κ1) is 11.4. The van der Waals surface area contributed by atoms with Crippen molar-refractivity contribution in [3.8, 4) is 11.5 Å². The molecule has 0 amide bonds. The number of methoxy groups -OCH3 is 2. The summed E-state index contributed by atoms with van der Waals surface area (Å²) in [6.07, 6.45) is 0. The maximum absolute atomic E-state index is 12.3. The monoisotopic (exact) mass is 264 g/mol. The quantitative estimate of drug-likeness (QED) is 0.770. The fourth-order valence-corrected chi connectivity index (χ4v) is 3.01. The second-order valence-corrected chi connectivity index (χ2v) is 4.99. The van der Waals surface area contributed by atoms with Gasteiger partial charge in [0.2, 0.25) is 0 Å². The Labute approximate surface area is 108 Å². The van der Waals surface area contributed by atoms with Crippen molar-refractivity contribution in [2.24, 2.45) is 0 Å². The molecule has 0 saturated heterocycles. The van der Waals surface area contributed by atoms with Crippen molar-refractivity contribution >= 4 is 22.7 Å². The van der Waals surface area contributed by atoms with Crippen molar-refractivity contribution in [2.75, 3.05) is 20.0 Å². The zero-order valence-corrected chi connectivity index (χ0v) is 10.9. The third-order valence-corrected chi connectivity index (χ3v) is 3.93. The first-order chi connectivity index (χ1) is 8.74. The van der Waals surface area contributed by atoms with Crippen molar-refractivity contribution in [1.29, 1.82) is 0 Å². The van der Waals surface area contributed by atoms with E-state index in [9.17, 15) is 4.79 Å². The molecule has 2 aromatic rings. The third kappa shape index (κ3) is 1.56. The molecule has 94 valence electrons. The van der Waals surface area contributed by atoms with Gasteiger partial charge in [-0.15, -0.1) is 0 Å². The molecule has 5 nitrogen and oxygen atoms in total. The number of nitrogens with zero attached hydrogens (tertiary/aromatic N) is 2. The standard InChI is InChI=1S/C12H12N2O3S/c1-16-9-5-7-8(6-10(9)17-2)13-12-14(11(7)15)3-4-18-12/h5-6H,3-4H2,1-2H3. The SMILES string of the molecule is COc1cc2nc3n(c(=O)c2cc1OC)CCS3. The molecule has 0 saturated carbocycles. The lowest BCUT2D eigenvalue weighted by molar-refractivity contribution is 0.355. The van der Waals surface area contributed by atoms with Gasteiger partial charge in [0.1, 0.15) is 0 Å². The normalized spacial score (nSPS) is 13.7. The minimum absolute atomic E-state index is 0.0130. The maximum atomic E-state index is 12.3. The summed E-state index contributed by atoms with van der Waals surface area (Å²) in [6, 6.07) is 3.44. The average molecular weight is 264 g/mol. The van der Waals surface area contributed by atoms with Crippen LogP contribution in [-0.4, -0.2) is 29.5 Å². The van der Waals surface area contributed by atoms with Crippen LogP contribution >= 0.6 is 11.8 Å². The second-order valence-electron chi connectivity index (χ2n) is 3.92. The molecule has 0 aliphatic carbocycles. The van der Waals surface area contributed by atoms with Gasteiger partial charge in [-0.2, -0.15) is 0 Å². The molecule has 6 heteroatoms. The number of rotatable bonds is 2. The largest absolute Gasteiger partial charge is 0.493 e. The van der Waals surface area contributed by atoms with Crippen molar-refractivity contribution in [3.05, 3.63) is 22.5 Å². The Morgan fingerprint density at radius 3 is 2.72 bits per heavy atom. The van der Waals surface area contributed by atoms with E-state index in [1.807, 2.05) is 0 Å². The van der Waals surface area contributed by atoms with Crippen LogP contribution in [-0.2, 0) is 6.54 Å². The summed E-state index contributed by atoms with van der Waals surface area (Å²) < 4.78 is 12.1. The van der Waals surface area contributed by atoms with Crippen LogP contribution < -0.4 is 15.0 Å². The van der Waals surface area contributed by atoms with Gasteiger partial charge in [-0.25, -0.2) is 4.98 Å². The van der Waals surface area contributed by atoms with E-state index in [4.69, 9.17) is 9.47 Å². The first-order valence-corrected chi connectivity index (χ1v) is 6.52. The molecule has 18 heavy (non-hydrogen) atoms. The Morgan fingerprint density at radius 2 is 2.00 bits per heavy atom. The lowest BCUT2D eigenvalue weighted by atomic mass is 10.2. The van der Waals surface area contributed by atoms with Gasteiger partial charge in [-0.3, -0.25) is 9.36 Å². The molecule has 0 fully saturated rings. The summed E-state index contributed by atoms with van der Waals surface area (Å²) in [5.74, 6) is 2.03. The molecular formula is C12H12N2O3S. The highest BCUT2D eigenvalue weighted by molar-refractivity contribution is 7.99. The lowest BCUT2D eigenvalue weighted by Gasteiger charge is -2.09. The van der Waals surface area contributed by atoms with Gasteiger partial charge in [0.05, 0.1) is 25.1 Å². The van der Waals surface area contributed by atoms with E-state index in [-0.39, 0.29) is 5.56 Å².